The Hall–Kier alpha value is -4.47. The topological polar surface area (TPSA) is 135 Å². The Morgan fingerprint density at radius 3 is 2.60 bits per heavy atom. The van der Waals surface area contributed by atoms with E-state index in [9.17, 15) is 14.4 Å². The summed E-state index contributed by atoms with van der Waals surface area (Å²) in [5, 5.41) is 0. The second kappa shape index (κ2) is 10.2. The fourth-order valence-electron chi connectivity index (χ4n) is 4.11. The van der Waals surface area contributed by atoms with Crippen LogP contribution >= 0.6 is 0 Å². The molecule has 0 fully saturated rings. The molecule has 10 heteroatoms. The molecule has 4 rings (SSSR count). The number of benzene rings is 2. The zero-order valence-electron chi connectivity index (χ0n) is 19.5. The second-order valence-corrected chi connectivity index (χ2v) is 7.84. The van der Waals surface area contributed by atoms with E-state index in [0.717, 1.165) is 5.56 Å². The third-order valence-electron chi connectivity index (χ3n) is 5.66. The molecule has 180 valence electrons. The number of hydrazine groups is 1. The summed E-state index contributed by atoms with van der Waals surface area (Å²) >= 11 is 0. The number of esters is 1. The van der Waals surface area contributed by atoms with Gasteiger partial charge in [-0.15, -0.1) is 0 Å². The number of H-pyrrole nitrogens is 1. The Balaban J connectivity index is 1.77. The molecule has 0 saturated heterocycles. The van der Waals surface area contributed by atoms with Gasteiger partial charge >= 0.3 is 11.7 Å². The molecule has 2 unspecified atom stereocenters. The van der Waals surface area contributed by atoms with Crippen LogP contribution in [0, 0.1) is 5.92 Å². The average Bonchev–Trinajstić information content (AvgIpc) is 2.86. The van der Waals surface area contributed by atoms with Gasteiger partial charge in [0.05, 0.1) is 13.7 Å². The van der Waals surface area contributed by atoms with E-state index in [-0.39, 0.29) is 18.2 Å². The molecule has 0 aliphatic carbocycles. The predicted octanol–water partition coefficient (Wildman–Crippen LogP) is 2.95. The number of rotatable bonds is 7. The highest BCUT2D eigenvalue weighted by atomic mass is 16.5. The number of aromatic amines is 1. The molecule has 0 bridgehead atoms. The minimum Gasteiger partial charge on any atom is -0.497 e. The number of carbonyl (C=O) groups excluding carboxylic acids is 2. The van der Waals surface area contributed by atoms with Crippen molar-refractivity contribution in [2.45, 2.75) is 19.8 Å². The van der Waals surface area contributed by atoms with Crippen LogP contribution in [0.5, 0.6) is 5.75 Å². The van der Waals surface area contributed by atoms with E-state index in [2.05, 4.69) is 25.8 Å². The summed E-state index contributed by atoms with van der Waals surface area (Å²) < 4.78 is 10.5. The predicted molar refractivity (Wildman–Crippen MR) is 130 cm³/mol. The quantitative estimate of drug-likeness (QED) is 0.353. The lowest BCUT2D eigenvalue weighted by Crippen LogP contribution is -2.37. The highest BCUT2D eigenvalue weighted by Gasteiger charge is 2.41. The van der Waals surface area contributed by atoms with Gasteiger partial charge in [0.25, 0.3) is 5.91 Å². The van der Waals surface area contributed by atoms with Crippen molar-refractivity contribution in [3.8, 4) is 5.75 Å². The summed E-state index contributed by atoms with van der Waals surface area (Å²) in [6.07, 6.45) is 0. The molecule has 0 radical (unpaired) electrons. The lowest BCUT2D eigenvalue weighted by molar-refractivity contribution is -0.146. The van der Waals surface area contributed by atoms with Gasteiger partial charge in [-0.05, 0) is 37.6 Å². The summed E-state index contributed by atoms with van der Waals surface area (Å²) in [7, 11) is 1.51. The zero-order chi connectivity index (χ0) is 24.9. The summed E-state index contributed by atoms with van der Waals surface area (Å²) in [5.41, 5.74) is 6.83. The molecule has 1 amide bonds. The number of nitrogens with zero attached hydrogens (tertiary/aromatic N) is 2. The van der Waals surface area contributed by atoms with Crippen LogP contribution in [0.15, 0.2) is 64.4 Å². The van der Waals surface area contributed by atoms with Gasteiger partial charge in [0, 0.05) is 22.8 Å². The Morgan fingerprint density at radius 2 is 1.89 bits per heavy atom. The average molecular weight is 476 g/mol. The number of carbonyl (C=O) groups is 2. The molecule has 35 heavy (non-hydrogen) atoms. The van der Waals surface area contributed by atoms with E-state index in [1.807, 2.05) is 30.3 Å². The number of nitrogens with one attached hydrogen (secondary N) is 3. The van der Waals surface area contributed by atoms with Crippen molar-refractivity contribution in [2.24, 2.45) is 10.9 Å². The first-order valence-electron chi connectivity index (χ1n) is 11.0. The number of hydrogen-bond donors (Lipinski definition) is 3. The van der Waals surface area contributed by atoms with E-state index >= 15 is 0 Å². The van der Waals surface area contributed by atoms with Gasteiger partial charge in [0.1, 0.15) is 17.5 Å². The molecule has 0 saturated carbocycles. The fraction of sp³-hybridized carbons (Fsp3) is 0.240. The Morgan fingerprint density at radius 1 is 1.11 bits per heavy atom. The lowest BCUT2D eigenvalue weighted by Gasteiger charge is -2.31. The molecule has 1 aliphatic heterocycles. The van der Waals surface area contributed by atoms with Crippen molar-refractivity contribution < 1.29 is 19.1 Å². The molecule has 2 atom stereocenters. The largest absolute Gasteiger partial charge is 0.497 e. The van der Waals surface area contributed by atoms with Crippen LogP contribution in [0.25, 0.3) is 0 Å². The molecule has 3 aromatic rings. The summed E-state index contributed by atoms with van der Waals surface area (Å²) in [6.45, 7) is 3.66. The molecule has 3 N–H and O–H groups in total. The highest BCUT2D eigenvalue weighted by molar-refractivity contribution is 6.05. The normalized spacial score (nSPS) is 16.5. The number of ether oxygens (including phenoxy) is 2. The molecule has 1 aromatic heterocycles. The van der Waals surface area contributed by atoms with E-state index < -0.39 is 29.4 Å². The van der Waals surface area contributed by atoms with Crippen LogP contribution < -0.4 is 21.3 Å². The molecular weight excluding hydrogens is 450 g/mol. The van der Waals surface area contributed by atoms with Gasteiger partial charge in [-0.1, -0.05) is 36.4 Å². The first-order valence-corrected chi connectivity index (χ1v) is 11.0. The van der Waals surface area contributed by atoms with Gasteiger partial charge in [0.2, 0.25) is 0 Å². The van der Waals surface area contributed by atoms with E-state index in [1.54, 1.807) is 38.1 Å². The fourth-order valence-corrected chi connectivity index (χ4v) is 4.11. The first kappa shape index (κ1) is 23.7. The third-order valence-corrected chi connectivity index (χ3v) is 5.66. The van der Waals surface area contributed by atoms with E-state index in [0.29, 0.717) is 22.6 Å². The number of amides is 1. The Labute approximate surface area is 201 Å². The Bertz CT molecular complexity index is 1340. The molecular formula is C25H25N5O5. The number of fused-ring (bicyclic) bond motifs is 1. The maximum absolute atomic E-state index is 13.0. The van der Waals surface area contributed by atoms with Gasteiger partial charge in [0.15, 0.2) is 5.82 Å². The zero-order valence-corrected chi connectivity index (χ0v) is 19.5. The first-order chi connectivity index (χ1) is 16.9. The third kappa shape index (κ3) is 4.91. The van der Waals surface area contributed by atoms with Crippen LogP contribution in [0.2, 0.25) is 0 Å². The van der Waals surface area contributed by atoms with E-state index in [1.165, 1.54) is 7.11 Å². The minimum atomic E-state index is -0.743. The molecule has 1 aliphatic rings. The number of anilines is 1. The van der Waals surface area contributed by atoms with Crippen molar-refractivity contribution in [1.82, 2.24) is 15.4 Å². The maximum Gasteiger partial charge on any atom is 0.348 e. The molecule has 10 nitrogen and oxygen atoms in total. The lowest BCUT2D eigenvalue weighted by atomic mass is 9.77. The Kier molecular flexibility index (Phi) is 6.91. The van der Waals surface area contributed by atoms with Crippen molar-refractivity contribution in [1.29, 1.82) is 0 Å². The van der Waals surface area contributed by atoms with Crippen molar-refractivity contribution >= 4 is 29.2 Å². The van der Waals surface area contributed by atoms with E-state index in [4.69, 9.17) is 9.47 Å². The van der Waals surface area contributed by atoms with Crippen molar-refractivity contribution in [2.75, 3.05) is 19.1 Å². The number of methoxy groups -OCH3 is 1. The minimum absolute atomic E-state index is 0.166. The van der Waals surface area contributed by atoms with Gasteiger partial charge < -0.3 is 9.47 Å². The number of aromatic nitrogens is 2. The van der Waals surface area contributed by atoms with Crippen LogP contribution in [-0.2, 0) is 9.53 Å². The highest BCUT2D eigenvalue weighted by Crippen LogP contribution is 2.44. The molecule has 0 spiro atoms. The van der Waals surface area contributed by atoms with Gasteiger partial charge in [-0.2, -0.15) is 4.98 Å². The van der Waals surface area contributed by atoms with Crippen LogP contribution in [-0.4, -0.2) is 41.3 Å². The molecule has 2 heterocycles. The summed E-state index contributed by atoms with van der Waals surface area (Å²) in [4.78, 5) is 49.2. The monoisotopic (exact) mass is 475 g/mol. The van der Waals surface area contributed by atoms with Gasteiger partial charge in [-0.3, -0.25) is 25.4 Å². The van der Waals surface area contributed by atoms with Gasteiger partial charge in [-0.25, -0.2) is 9.79 Å². The van der Waals surface area contributed by atoms with Crippen molar-refractivity contribution in [3.63, 3.8) is 0 Å². The van der Waals surface area contributed by atoms with Crippen LogP contribution in [0.4, 0.5) is 11.6 Å². The van der Waals surface area contributed by atoms with Crippen molar-refractivity contribution in [3.05, 3.63) is 81.8 Å². The smallest absolute Gasteiger partial charge is 0.348 e. The number of aliphatic imine (C=N–C) groups is 1. The maximum atomic E-state index is 13.0. The number of hydrogen-bond acceptors (Lipinski definition) is 8. The molecule has 2 aromatic carbocycles. The summed E-state index contributed by atoms with van der Waals surface area (Å²) in [6, 6.07) is 16.0. The standard InChI is InChI=1S/C25H25N5O5/c1-4-35-24(32)18-14(2)26-21-20(19(18)15-9-6-5-7-10-15)22(28-25(33)27-21)29-30-23(31)16-11-8-12-17(13-16)34-3/h5-13,18-19H,4H2,1-3H3,(H,30,31)(H2,27,28,29,33). The second-order valence-electron chi connectivity index (χ2n) is 7.84. The van der Waals surface area contributed by atoms with Crippen LogP contribution in [0.1, 0.15) is 41.3 Å². The SMILES string of the molecule is CCOC(=O)C1C(C)=Nc2nc(=O)[nH]c(NNC(=O)c3cccc(OC)c3)c2C1c1ccccc1. The van der Waals surface area contributed by atoms with Crippen LogP contribution in [0.3, 0.4) is 0 Å². The summed E-state index contributed by atoms with van der Waals surface area (Å²) in [5.74, 6) is -1.33.